The van der Waals surface area contributed by atoms with Crippen molar-refractivity contribution in [3.8, 4) is 22.5 Å². The molecule has 176 valence electrons. The molecule has 2 N–H and O–H groups in total. The molecule has 1 aromatic heterocycles. The van der Waals surface area contributed by atoms with Gasteiger partial charge in [0.15, 0.2) is 5.82 Å². The zero-order chi connectivity index (χ0) is 24.2. The van der Waals surface area contributed by atoms with Gasteiger partial charge >= 0.3 is 0 Å². The number of aromatic amines is 1. The first-order chi connectivity index (χ1) is 16.9. The minimum Gasteiger partial charge on any atom is -0.371 e. The molecule has 0 unspecified atom stereocenters. The summed E-state index contributed by atoms with van der Waals surface area (Å²) in [5.41, 5.74) is 8.48. The van der Waals surface area contributed by atoms with E-state index in [1.54, 1.807) is 0 Å². The molecule has 0 radical (unpaired) electrons. The predicted octanol–water partition coefficient (Wildman–Crippen LogP) is 5.55. The van der Waals surface area contributed by atoms with Gasteiger partial charge in [0.05, 0.1) is 5.41 Å². The van der Waals surface area contributed by atoms with E-state index in [1.165, 1.54) is 16.8 Å². The number of nitrogens with one attached hydrogen (secondary N) is 2. The molecule has 6 heteroatoms. The maximum Gasteiger partial charge on any atom is 0.235 e. The summed E-state index contributed by atoms with van der Waals surface area (Å²) in [6.45, 7) is 7.85. The number of hydrogen-bond donors (Lipinski definition) is 2. The summed E-state index contributed by atoms with van der Waals surface area (Å²) in [6.07, 6.45) is 1.63. The minimum atomic E-state index is -0.442. The average Bonchev–Trinajstić information content (AvgIpc) is 3.41. The van der Waals surface area contributed by atoms with Crippen LogP contribution in [0.3, 0.4) is 0 Å². The van der Waals surface area contributed by atoms with Crippen LogP contribution in [-0.2, 0) is 10.2 Å². The number of nitrogens with zero attached hydrogens (tertiary/aromatic N) is 3. The number of carbonyl (C=O) groups is 1. The van der Waals surface area contributed by atoms with E-state index in [0.717, 1.165) is 59.7 Å². The summed E-state index contributed by atoms with van der Waals surface area (Å²) < 4.78 is 0. The van der Waals surface area contributed by atoms with Crippen molar-refractivity contribution in [2.75, 3.05) is 23.3 Å². The van der Waals surface area contributed by atoms with Gasteiger partial charge < -0.3 is 10.2 Å². The van der Waals surface area contributed by atoms with Gasteiger partial charge in [-0.1, -0.05) is 42.0 Å². The second-order valence-corrected chi connectivity index (χ2v) is 9.89. The zero-order valence-electron chi connectivity index (χ0n) is 20.4. The standard InChI is InChI=1S/C29H29N5O/c1-18-4-9-23(10-5-18)34-14-12-29(13-15-34)25-11-8-21(17-26(25)31-28(29)35)24-16-22(7-6-19(24)2)27-30-20(3)32-33-27/h4-11,16-17H,12-15H2,1-3H3,(H,31,35)(H,30,32,33). The van der Waals surface area contributed by atoms with Gasteiger partial charge in [0.1, 0.15) is 5.82 Å². The van der Waals surface area contributed by atoms with Crippen molar-refractivity contribution < 1.29 is 4.79 Å². The molecular formula is C29H29N5O. The lowest BCUT2D eigenvalue weighted by Crippen LogP contribution is -2.46. The number of amides is 1. The Hall–Kier alpha value is -3.93. The molecule has 6 rings (SSSR count). The van der Waals surface area contributed by atoms with E-state index in [4.69, 9.17) is 0 Å². The number of rotatable bonds is 3. The van der Waals surface area contributed by atoms with Crippen molar-refractivity contribution in [3.63, 3.8) is 0 Å². The SMILES string of the molecule is Cc1ccc(N2CCC3(CC2)C(=O)Nc2cc(-c4cc(-c5n[nH]c(C)n5)ccc4C)ccc23)cc1. The summed E-state index contributed by atoms with van der Waals surface area (Å²) >= 11 is 0. The van der Waals surface area contributed by atoms with E-state index in [-0.39, 0.29) is 5.91 Å². The van der Waals surface area contributed by atoms with Crippen molar-refractivity contribution >= 4 is 17.3 Å². The van der Waals surface area contributed by atoms with E-state index in [2.05, 4.69) is 93.8 Å². The zero-order valence-corrected chi connectivity index (χ0v) is 20.4. The topological polar surface area (TPSA) is 73.9 Å². The number of carbonyl (C=O) groups excluding carboxylic acids is 1. The fourth-order valence-electron chi connectivity index (χ4n) is 5.54. The highest BCUT2D eigenvalue weighted by Gasteiger charge is 2.48. The molecule has 1 amide bonds. The van der Waals surface area contributed by atoms with Crippen LogP contribution in [-0.4, -0.2) is 34.2 Å². The summed E-state index contributed by atoms with van der Waals surface area (Å²) in [5, 5.41) is 10.4. The third-order valence-corrected chi connectivity index (χ3v) is 7.64. The Morgan fingerprint density at radius 2 is 1.63 bits per heavy atom. The van der Waals surface area contributed by atoms with E-state index >= 15 is 0 Å². The maximum atomic E-state index is 13.3. The van der Waals surface area contributed by atoms with Crippen LogP contribution in [0.5, 0.6) is 0 Å². The van der Waals surface area contributed by atoms with Crippen LogP contribution in [0.15, 0.2) is 60.7 Å². The highest BCUT2D eigenvalue weighted by atomic mass is 16.2. The summed E-state index contributed by atoms with van der Waals surface area (Å²) in [5.74, 6) is 1.62. The largest absolute Gasteiger partial charge is 0.371 e. The Morgan fingerprint density at radius 1 is 0.886 bits per heavy atom. The number of fused-ring (bicyclic) bond motifs is 2. The van der Waals surface area contributed by atoms with Gasteiger partial charge in [-0.2, -0.15) is 5.10 Å². The number of H-pyrrole nitrogens is 1. The molecule has 0 aliphatic carbocycles. The Labute approximate surface area is 205 Å². The second kappa shape index (κ2) is 8.08. The van der Waals surface area contributed by atoms with E-state index in [1.807, 2.05) is 13.0 Å². The number of anilines is 2. The van der Waals surface area contributed by atoms with Crippen molar-refractivity contribution in [2.24, 2.45) is 0 Å². The molecular weight excluding hydrogens is 434 g/mol. The Balaban J connectivity index is 1.29. The van der Waals surface area contributed by atoms with Crippen LogP contribution < -0.4 is 10.2 Å². The van der Waals surface area contributed by atoms with Gasteiger partial charge in [-0.15, -0.1) is 0 Å². The summed E-state index contributed by atoms with van der Waals surface area (Å²) in [7, 11) is 0. The van der Waals surface area contributed by atoms with Crippen LogP contribution >= 0.6 is 0 Å². The fraction of sp³-hybridized carbons (Fsp3) is 0.276. The molecule has 1 spiro atoms. The van der Waals surface area contributed by atoms with Gasteiger partial charge in [0.25, 0.3) is 0 Å². The molecule has 3 heterocycles. The quantitative estimate of drug-likeness (QED) is 0.418. The lowest BCUT2D eigenvalue weighted by Gasteiger charge is -2.39. The molecule has 4 aromatic rings. The van der Waals surface area contributed by atoms with Crippen molar-refractivity contribution in [2.45, 2.75) is 39.0 Å². The average molecular weight is 464 g/mol. The van der Waals surface area contributed by atoms with Gasteiger partial charge in [-0.05, 0) is 80.1 Å². The third-order valence-electron chi connectivity index (χ3n) is 7.64. The van der Waals surface area contributed by atoms with Crippen LogP contribution in [0.2, 0.25) is 0 Å². The van der Waals surface area contributed by atoms with Gasteiger partial charge in [-0.3, -0.25) is 9.89 Å². The van der Waals surface area contributed by atoms with Crippen LogP contribution in [0, 0.1) is 20.8 Å². The summed E-state index contributed by atoms with van der Waals surface area (Å²) in [6, 6.07) is 21.4. The van der Waals surface area contributed by atoms with Crippen LogP contribution in [0.4, 0.5) is 11.4 Å². The Kier molecular flexibility index (Phi) is 4.99. The van der Waals surface area contributed by atoms with Crippen molar-refractivity contribution in [1.29, 1.82) is 0 Å². The van der Waals surface area contributed by atoms with E-state index < -0.39 is 5.41 Å². The molecule has 6 nitrogen and oxygen atoms in total. The van der Waals surface area contributed by atoms with Gasteiger partial charge in [-0.25, -0.2) is 4.98 Å². The van der Waals surface area contributed by atoms with Crippen LogP contribution in [0.1, 0.15) is 35.4 Å². The molecule has 2 aliphatic heterocycles. The first-order valence-corrected chi connectivity index (χ1v) is 12.2. The monoisotopic (exact) mass is 463 g/mol. The smallest absolute Gasteiger partial charge is 0.235 e. The molecule has 35 heavy (non-hydrogen) atoms. The van der Waals surface area contributed by atoms with Gasteiger partial charge in [0.2, 0.25) is 5.91 Å². The first kappa shape index (κ1) is 21.6. The number of aryl methyl sites for hydroxylation is 3. The van der Waals surface area contributed by atoms with Crippen molar-refractivity contribution in [3.05, 3.63) is 83.2 Å². The molecule has 0 bridgehead atoms. The third kappa shape index (κ3) is 3.60. The Bertz CT molecular complexity index is 1430. The predicted molar refractivity (Wildman–Crippen MR) is 140 cm³/mol. The van der Waals surface area contributed by atoms with E-state index in [0.29, 0.717) is 5.82 Å². The lowest BCUT2D eigenvalue weighted by atomic mass is 9.73. The normalized spacial score (nSPS) is 16.4. The fourth-order valence-corrected chi connectivity index (χ4v) is 5.54. The highest BCUT2D eigenvalue weighted by Crippen LogP contribution is 2.47. The second-order valence-electron chi connectivity index (χ2n) is 9.89. The molecule has 3 aromatic carbocycles. The molecule has 2 aliphatic rings. The highest BCUT2D eigenvalue weighted by molar-refractivity contribution is 6.07. The Morgan fingerprint density at radius 3 is 2.34 bits per heavy atom. The minimum absolute atomic E-state index is 0.134. The summed E-state index contributed by atoms with van der Waals surface area (Å²) in [4.78, 5) is 20.2. The number of piperidine rings is 1. The lowest BCUT2D eigenvalue weighted by molar-refractivity contribution is -0.121. The molecule has 0 atom stereocenters. The molecule has 1 fully saturated rings. The van der Waals surface area contributed by atoms with E-state index in [9.17, 15) is 4.79 Å². The maximum absolute atomic E-state index is 13.3. The van der Waals surface area contributed by atoms with Crippen molar-refractivity contribution in [1.82, 2.24) is 15.2 Å². The first-order valence-electron chi connectivity index (χ1n) is 12.2. The van der Waals surface area contributed by atoms with Crippen LogP contribution in [0.25, 0.3) is 22.5 Å². The van der Waals surface area contributed by atoms with Gasteiger partial charge in [0, 0.05) is 30.0 Å². The molecule has 1 saturated heterocycles. The number of benzene rings is 3. The number of hydrogen-bond acceptors (Lipinski definition) is 4. The number of aromatic nitrogens is 3. The molecule has 0 saturated carbocycles.